The van der Waals surface area contributed by atoms with Crippen LogP contribution in [0, 0.1) is 5.82 Å². The summed E-state index contributed by atoms with van der Waals surface area (Å²) in [4.78, 5) is 29.2. The molecular weight excluding hydrogens is 453 g/mol. The Morgan fingerprint density at radius 3 is 2.54 bits per heavy atom. The Hall–Kier alpha value is -3.79. The van der Waals surface area contributed by atoms with E-state index in [-0.39, 0.29) is 42.5 Å². The fourth-order valence-corrected chi connectivity index (χ4v) is 4.44. The minimum absolute atomic E-state index is 0.0817. The van der Waals surface area contributed by atoms with Gasteiger partial charge in [-0.3, -0.25) is 9.59 Å². The lowest BCUT2D eigenvalue weighted by molar-refractivity contribution is -0.131. The zero-order valence-electron chi connectivity index (χ0n) is 19.4. The number of carbonyl (C=O) groups is 2. The molecule has 35 heavy (non-hydrogen) atoms. The van der Waals surface area contributed by atoms with Gasteiger partial charge in [0.1, 0.15) is 17.7 Å². The van der Waals surface area contributed by atoms with Crippen molar-refractivity contribution in [1.29, 1.82) is 0 Å². The van der Waals surface area contributed by atoms with Crippen LogP contribution in [-0.2, 0) is 29.1 Å². The van der Waals surface area contributed by atoms with Crippen LogP contribution in [0.15, 0.2) is 48.5 Å². The Labute approximate surface area is 202 Å². The van der Waals surface area contributed by atoms with Crippen molar-refractivity contribution in [2.24, 2.45) is 0 Å². The first-order valence-corrected chi connectivity index (χ1v) is 11.5. The minimum Gasteiger partial charge on any atom is -0.497 e. The monoisotopic (exact) mass is 479 g/mol. The van der Waals surface area contributed by atoms with Gasteiger partial charge in [-0.2, -0.15) is 0 Å². The van der Waals surface area contributed by atoms with Crippen molar-refractivity contribution in [3.63, 3.8) is 0 Å². The first-order chi connectivity index (χ1) is 17.0. The third kappa shape index (κ3) is 4.88. The summed E-state index contributed by atoms with van der Waals surface area (Å²) in [6.45, 7) is 2.32. The van der Waals surface area contributed by atoms with E-state index in [0.717, 1.165) is 11.3 Å². The van der Waals surface area contributed by atoms with Crippen molar-refractivity contribution < 1.29 is 23.5 Å². The number of piperazine rings is 1. The van der Waals surface area contributed by atoms with E-state index in [1.54, 1.807) is 33.7 Å². The third-order valence-electron chi connectivity index (χ3n) is 6.45. The van der Waals surface area contributed by atoms with Gasteiger partial charge in [0.15, 0.2) is 5.69 Å². The number of ether oxygens (including phenoxy) is 2. The van der Waals surface area contributed by atoms with E-state index >= 15 is 0 Å². The Balaban J connectivity index is 1.18. The van der Waals surface area contributed by atoms with Gasteiger partial charge in [-0.25, -0.2) is 9.07 Å². The molecule has 5 rings (SSSR count). The fraction of sp³-hybridized carbons (Fsp3) is 0.360. The summed E-state index contributed by atoms with van der Waals surface area (Å²) >= 11 is 0. The molecule has 2 amide bonds. The van der Waals surface area contributed by atoms with Crippen LogP contribution in [0.3, 0.4) is 0 Å². The van der Waals surface area contributed by atoms with Crippen molar-refractivity contribution >= 4 is 11.8 Å². The number of aromatic nitrogens is 3. The predicted molar refractivity (Wildman–Crippen MR) is 123 cm³/mol. The maximum absolute atomic E-state index is 13.4. The van der Waals surface area contributed by atoms with Crippen LogP contribution in [0.5, 0.6) is 5.75 Å². The minimum atomic E-state index is -0.359. The van der Waals surface area contributed by atoms with Crippen LogP contribution in [-0.4, -0.2) is 69.9 Å². The van der Waals surface area contributed by atoms with Gasteiger partial charge in [-0.1, -0.05) is 29.5 Å². The number of halogens is 1. The molecule has 2 aliphatic heterocycles. The highest BCUT2D eigenvalue weighted by molar-refractivity contribution is 5.93. The van der Waals surface area contributed by atoms with Gasteiger partial charge in [0.25, 0.3) is 5.91 Å². The summed E-state index contributed by atoms with van der Waals surface area (Å²) in [5.41, 5.74) is 2.58. The second-order valence-corrected chi connectivity index (χ2v) is 8.62. The van der Waals surface area contributed by atoms with Gasteiger partial charge >= 0.3 is 0 Å². The molecule has 1 atom stereocenters. The highest BCUT2D eigenvalue weighted by atomic mass is 19.1. The summed E-state index contributed by atoms with van der Waals surface area (Å²) in [5, 5.41) is 8.35. The first kappa shape index (κ1) is 23.0. The van der Waals surface area contributed by atoms with Crippen molar-refractivity contribution in [2.45, 2.75) is 25.7 Å². The first-order valence-electron chi connectivity index (χ1n) is 11.5. The van der Waals surface area contributed by atoms with Gasteiger partial charge in [0.2, 0.25) is 5.91 Å². The summed E-state index contributed by atoms with van der Waals surface area (Å²) < 4.78 is 26.3. The molecule has 182 valence electrons. The molecule has 3 heterocycles. The lowest BCUT2D eigenvalue weighted by atomic mass is 10.1. The van der Waals surface area contributed by atoms with Crippen LogP contribution in [0.1, 0.15) is 33.4 Å². The largest absolute Gasteiger partial charge is 0.497 e. The molecule has 1 unspecified atom stereocenters. The number of hydrogen-bond donors (Lipinski definition) is 0. The van der Waals surface area contributed by atoms with E-state index < -0.39 is 0 Å². The number of methoxy groups -OCH3 is 1. The topological polar surface area (TPSA) is 89.8 Å². The molecule has 2 aliphatic rings. The second-order valence-electron chi connectivity index (χ2n) is 8.62. The second kappa shape index (κ2) is 9.83. The molecule has 2 aromatic carbocycles. The standard InChI is InChI=1S/C25H26FN5O4/c1-34-20-7-5-18(6-8-20)22-15-31-21(16-35-22)24(27-28-31)25(33)30-11-9-29(10-12-30)23(32)14-17-3-2-4-19(26)13-17/h2-8,13,22H,9-12,14-16H2,1H3. The summed E-state index contributed by atoms with van der Waals surface area (Å²) in [6.07, 6.45) is -0.0534. The summed E-state index contributed by atoms with van der Waals surface area (Å²) in [5.74, 6) is 0.119. The van der Waals surface area contributed by atoms with Gasteiger partial charge in [-0.05, 0) is 35.4 Å². The summed E-state index contributed by atoms with van der Waals surface area (Å²) in [6, 6.07) is 13.7. The van der Waals surface area contributed by atoms with E-state index in [4.69, 9.17) is 9.47 Å². The molecule has 0 radical (unpaired) electrons. The van der Waals surface area contributed by atoms with Crippen LogP contribution < -0.4 is 4.74 Å². The third-order valence-corrected chi connectivity index (χ3v) is 6.45. The van der Waals surface area contributed by atoms with Crippen molar-refractivity contribution in [2.75, 3.05) is 33.3 Å². The molecule has 0 bridgehead atoms. The molecule has 1 fully saturated rings. The average molecular weight is 480 g/mol. The maximum atomic E-state index is 13.4. The van der Waals surface area contributed by atoms with Crippen molar-refractivity contribution in [1.82, 2.24) is 24.8 Å². The number of rotatable bonds is 5. The Bertz CT molecular complexity index is 1220. The normalized spacial score (nSPS) is 17.7. The van der Waals surface area contributed by atoms with E-state index in [9.17, 15) is 14.0 Å². The number of benzene rings is 2. The number of fused-ring (bicyclic) bond motifs is 1. The van der Waals surface area contributed by atoms with Crippen LogP contribution >= 0.6 is 0 Å². The average Bonchev–Trinajstić information content (AvgIpc) is 3.32. The van der Waals surface area contributed by atoms with E-state index in [1.807, 2.05) is 24.3 Å². The molecule has 1 aromatic heterocycles. The van der Waals surface area contributed by atoms with Crippen molar-refractivity contribution in [3.05, 3.63) is 76.9 Å². The lowest BCUT2D eigenvalue weighted by Crippen LogP contribution is -2.51. The molecule has 0 aliphatic carbocycles. The van der Waals surface area contributed by atoms with Gasteiger partial charge in [0.05, 0.1) is 32.4 Å². The van der Waals surface area contributed by atoms with Gasteiger partial charge < -0.3 is 19.3 Å². The molecule has 0 N–H and O–H groups in total. The highest BCUT2D eigenvalue weighted by Crippen LogP contribution is 2.28. The molecule has 1 saturated heterocycles. The molecule has 0 saturated carbocycles. The molecule has 10 heteroatoms. The molecule has 9 nitrogen and oxygen atoms in total. The summed E-state index contributed by atoms with van der Waals surface area (Å²) in [7, 11) is 1.62. The molecule has 3 aromatic rings. The smallest absolute Gasteiger partial charge is 0.276 e. The number of amides is 2. The van der Waals surface area contributed by atoms with Crippen LogP contribution in [0.2, 0.25) is 0 Å². The zero-order chi connectivity index (χ0) is 24.4. The van der Waals surface area contributed by atoms with Crippen LogP contribution in [0.25, 0.3) is 0 Å². The quantitative estimate of drug-likeness (QED) is 0.558. The van der Waals surface area contributed by atoms with Crippen molar-refractivity contribution in [3.8, 4) is 5.75 Å². The number of nitrogens with zero attached hydrogens (tertiary/aromatic N) is 5. The van der Waals surface area contributed by atoms with Crippen LogP contribution in [0.4, 0.5) is 4.39 Å². The number of carbonyl (C=O) groups excluding carboxylic acids is 2. The van der Waals surface area contributed by atoms with E-state index in [1.165, 1.54) is 12.1 Å². The maximum Gasteiger partial charge on any atom is 0.276 e. The Kier molecular flexibility index (Phi) is 6.45. The van der Waals surface area contributed by atoms with E-state index in [2.05, 4.69) is 10.3 Å². The molecule has 0 spiro atoms. The zero-order valence-corrected chi connectivity index (χ0v) is 19.4. The van der Waals surface area contributed by atoms with E-state index in [0.29, 0.717) is 44.0 Å². The predicted octanol–water partition coefficient (Wildman–Crippen LogP) is 2.22. The SMILES string of the molecule is COc1ccc(C2Cn3nnc(C(=O)N4CCN(C(=O)Cc5cccc(F)c5)CC4)c3CO2)cc1. The lowest BCUT2D eigenvalue weighted by Gasteiger charge is -2.34. The Morgan fingerprint density at radius 1 is 1.09 bits per heavy atom. The van der Waals surface area contributed by atoms with Gasteiger partial charge in [-0.15, -0.1) is 5.10 Å². The highest BCUT2D eigenvalue weighted by Gasteiger charge is 2.32. The van der Waals surface area contributed by atoms with Gasteiger partial charge in [0, 0.05) is 26.2 Å². The number of hydrogen-bond acceptors (Lipinski definition) is 6. The fourth-order valence-electron chi connectivity index (χ4n) is 4.44. The molecular formula is C25H26FN5O4. The Morgan fingerprint density at radius 2 is 1.83 bits per heavy atom.